The van der Waals surface area contributed by atoms with Gasteiger partial charge in [0.1, 0.15) is 0 Å². The van der Waals surface area contributed by atoms with E-state index in [-0.39, 0.29) is 6.61 Å². The van der Waals surface area contributed by atoms with Crippen molar-refractivity contribution in [2.24, 2.45) is 0 Å². The number of aliphatic hydroxyl groups is 1. The topological polar surface area (TPSA) is 49.6 Å². The zero-order valence-electron chi connectivity index (χ0n) is 11.2. The van der Waals surface area contributed by atoms with E-state index >= 15 is 0 Å². The number of pyridine rings is 1. The van der Waals surface area contributed by atoms with Crippen LogP contribution in [0.25, 0.3) is 5.52 Å². The summed E-state index contributed by atoms with van der Waals surface area (Å²) in [7, 11) is 0. The van der Waals surface area contributed by atoms with E-state index in [1.54, 1.807) is 0 Å². The summed E-state index contributed by atoms with van der Waals surface area (Å²) in [5, 5.41) is 16.6. The Balaban J connectivity index is 1.69. The number of fused-ring (bicyclic) bond motifs is 1. The minimum atomic E-state index is 0.190. The zero-order chi connectivity index (χ0) is 13.8. The van der Waals surface area contributed by atoms with Crippen molar-refractivity contribution < 1.29 is 5.11 Å². The van der Waals surface area contributed by atoms with Gasteiger partial charge < -0.3 is 10.4 Å². The normalized spacial score (nSPS) is 10.8. The fourth-order valence-corrected chi connectivity index (χ4v) is 2.24. The van der Waals surface area contributed by atoms with Gasteiger partial charge in [0.25, 0.3) is 0 Å². The van der Waals surface area contributed by atoms with Crippen molar-refractivity contribution in [3.8, 4) is 0 Å². The molecule has 102 valence electrons. The molecule has 0 aliphatic carbocycles. The minimum absolute atomic E-state index is 0.190. The second-order valence-electron chi connectivity index (χ2n) is 4.72. The summed E-state index contributed by atoms with van der Waals surface area (Å²) in [6.45, 7) is 0.933. The molecule has 0 bridgehead atoms. The lowest BCUT2D eigenvalue weighted by Crippen LogP contribution is -1.99. The maximum Gasteiger partial charge on any atom is 0.0711 e. The molecule has 0 aliphatic rings. The maximum absolute atomic E-state index is 8.89. The summed E-state index contributed by atoms with van der Waals surface area (Å²) in [5.41, 5.74) is 4.51. The first-order valence-electron chi connectivity index (χ1n) is 6.72. The average molecular weight is 267 g/mol. The van der Waals surface area contributed by atoms with Gasteiger partial charge in [0.15, 0.2) is 0 Å². The van der Waals surface area contributed by atoms with Gasteiger partial charge in [0.05, 0.1) is 11.7 Å². The molecule has 0 aliphatic heterocycles. The second kappa shape index (κ2) is 5.75. The van der Waals surface area contributed by atoms with Crippen LogP contribution in [0.15, 0.2) is 54.9 Å². The second-order valence-corrected chi connectivity index (χ2v) is 4.72. The molecule has 4 nitrogen and oxygen atoms in total. The maximum atomic E-state index is 8.89. The highest BCUT2D eigenvalue weighted by molar-refractivity contribution is 5.55. The van der Waals surface area contributed by atoms with E-state index in [0.717, 1.165) is 23.3 Å². The molecular weight excluding hydrogens is 250 g/mol. The number of anilines is 1. The Hall–Kier alpha value is -2.33. The van der Waals surface area contributed by atoms with Crippen molar-refractivity contribution >= 4 is 11.2 Å². The Morgan fingerprint density at radius 3 is 2.75 bits per heavy atom. The van der Waals surface area contributed by atoms with E-state index in [9.17, 15) is 0 Å². The number of aliphatic hydroxyl groups excluding tert-OH is 1. The van der Waals surface area contributed by atoms with Gasteiger partial charge in [-0.05, 0) is 36.2 Å². The third-order valence-electron chi connectivity index (χ3n) is 3.34. The van der Waals surface area contributed by atoms with E-state index in [2.05, 4.69) is 16.5 Å². The van der Waals surface area contributed by atoms with Crippen LogP contribution in [-0.4, -0.2) is 21.3 Å². The Morgan fingerprint density at radius 2 is 1.95 bits per heavy atom. The number of hydrogen-bond donors (Lipinski definition) is 2. The van der Waals surface area contributed by atoms with Gasteiger partial charge in [-0.15, -0.1) is 0 Å². The first kappa shape index (κ1) is 12.7. The molecule has 2 N–H and O–H groups in total. The van der Waals surface area contributed by atoms with Gasteiger partial charge in [-0.1, -0.05) is 18.2 Å². The SMILES string of the molecule is OCCc1ccc(NCc2cnn3ccccc23)cc1. The van der Waals surface area contributed by atoms with Gasteiger partial charge in [-0.25, -0.2) is 4.52 Å². The molecule has 2 aromatic heterocycles. The van der Waals surface area contributed by atoms with Crippen molar-refractivity contribution in [2.45, 2.75) is 13.0 Å². The molecule has 1 aromatic carbocycles. The van der Waals surface area contributed by atoms with Gasteiger partial charge >= 0.3 is 0 Å². The molecule has 0 radical (unpaired) electrons. The number of aromatic nitrogens is 2. The number of nitrogens with zero attached hydrogens (tertiary/aromatic N) is 2. The largest absolute Gasteiger partial charge is 0.396 e. The highest BCUT2D eigenvalue weighted by Crippen LogP contribution is 2.14. The van der Waals surface area contributed by atoms with E-state index in [1.807, 2.05) is 53.3 Å². The molecule has 0 saturated carbocycles. The molecular formula is C16H17N3O. The van der Waals surface area contributed by atoms with Gasteiger partial charge in [-0.3, -0.25) is 0 Å². The lowest BCUT2D eigenvalue weighted by Gasteiger charge is -2.06. The summed E-state index contributed by atoms with van der Waals surface area (Å²) in [5.74, 6) is 0. The molecule has 0 amide bonds. The van der Waals surface area contributed by atoms with Gasteiger partial charge in [0, 0.05) is 30.6 Å². The van der Waals surface area contributed by atoms with Crippen LogP contribution < -0.4 is 5.32 Å². The van der Waals surface area contributed by atoms with Crippen LogP contribution >= 0.6 is 0 Å². The number of rotatable bonds is 5. The first-order valence-corrected chi connectivity index (χ1v) is 6.72. The highest BCUT2D eigenvalue weighted by Gasteiger charge is 2.02. The average Bonchev–Trinajstić information content (AvgIpc) is 2.90. The third kappa shape index (κ3) is 2.65. The Labute approximate surface area is 117 Å². The predicted octanol–water partition coefficient (Wildman–Crippen LogP) is 2.48. The first-order chi connectivity index (χ1) is 9.86. The molecule has 0 spiro atoms. The lowest BCUT2D eigenvalue weighted by molar-refractivity contribution is 0.299. The van der Waals surface area contributed by atoms with Crippen molar-refractivity contribution in [2.75, 3.05) is 11.9 Å². The van der Waals surface area contributed by atoms with Crippen LogP contribution in [0.1, 0.15) is 11.1 Å². The highest BCUT2D eigenvalue weighted by atomic mass is 16.2. The van der Waals surface area contributed by atoms with Crippen molar-refractivity contribution in [1.82, 2.24) is 9.61 Å². The van der Waals surface area contributed by atoms with E-state index in [0.29, 0.717) is 6.42 Å². The third-order valence-corrected chi connectivity index (χ3v) is 3.34. The smallest absolute Gasteiger partial charge is 0.0711 e. The summed E-state index contributed by atoms with van der Waals surface area (Å²) in [4.78, 5) is 0. The van der Waals surface area contributed by atoms with Crippen LogP contribution in [0.3, 0.4) is 0 Å². The number of nitrogens with one attached hydrogen (secondary N) is 1. The predicted molar refractivity (Wildman–Crippen MR) is 79.8 cm³/mol. The standard InChI is InChI=1S/C16H17N3O/c20-10-8-13-4-6-15(7-5-13)17-11-14-12-18-19-9-2-1-3-16(14)19/h1-7,9,12,17,20H,8,10-11H2. The summed E-state index contributed by atoms with van der Waals surface area (Å²) in [6.07, 6.45) is 4.54. The molecule has 20 heavy (non-hydrogen) atoms. The zero-order valence-corrected chi connectivity index (χ0v) is 11.2. The molecule has 0 atom stereocenters. The molecule has 0 saturated heterocycles. The quantitative estimate of drug-likeness (QED) is 0.746. The summed E-state index contributed by atoms with van der Waals surface area (Å²) >= 11 is 0. The van der Waals surface area contributed by atoms with Crippen molar-refractivity contribution in [3.05, 3.63) is 66.0 Å². The molecule has 0 fully saturated rings. The fraction of sp³-hybridized carbons (Fsp3) is 0.188. The van der Waals surface area contributed by atoms with Gasteiger partial charge in [0.2, 0.25) is 0 Å². The van der Waals surface area contributed by atoms with Crippen molar-refractivity contribution in [3.63, 3.8) is 0 Å². The molecule has 2 heterocycles. The van der Waals surface area contributed by atoms with Crippen LogP contribution in [0.4, 0.5) is 5.69 Å². The van der Waals surface area contributed by atoms with Crippen LogP contribution in [0, 0.1) is 0 Å². The van der Waals surface area contributed by atoms with Crippen LogP contribution in [-0.2, 0) is 13.0 Å². The molecule has 3 rings (SSSR count). The van der Waals surface area contributed by atoms with Crippen LogP contribution in [0.5, 0.6) is 0 Å². The van der Waals surface area contributed by atoms with Crippen LogP contribution in [0.2, 0.25) is 0 Å². The Kier molecular flexibility index (Phi) is 3.65. The Bertz CT molecular complexity index is 688. The summed E-state index contributed by atoms with van der Waals surface area (Å²) in [6, 6.07) is 14.2. The Morgan fingerprint density at radius 1 is 1.10 bits per heavy atom. The van der Waals surface area contributed by atoms with Gasteiger partial charge in [-0.2, -0.15) is 5.10 Å². The monoisotopic (exact) mass is 267 g/mol. The molecule has 4 heteroatoms. The fourth-order valence-electron chi connectivity index (χ4n) is 2.24. The van der Waals surface area contributed by atoms with E-state index in [1.165, 1.54) is 5.56 Å². The van der Waals surface area contributed by atoms with E-state index < -0.39 is 0 Å². The number of benzene rings is 1. The van der Waals surface area contributed by atoms with Crippen molar-refractivity contribution in [1.29, 1.82) is 0 Å². The van der Waals surface area contributed by atoms with E-state index in [4.69, 9.17) is 5.11 Å². The number of hydrogen-bond acceptors (Lipinski definition) is 3. The molecule has 0 unspecified atom stereocenters. The molecule has 3 aromatic rings. The lowest BCUT2D eigenvalue weighted by atomic mass is 10.1. The summed E-state index contributed by atoms with van der Waals surface area (Å²) < 4.78 is 1.88. The minimum Gasteiger partial charge on any atom is -0.396 e.